The predicted octanol–water partition coefficient (Wildman–Crippen LogP) is -0.128. The molecule has 0 aromatic rings. The van der Waals surface area contributed by atoms with Gasteiger partial charge in [-0.3, -0.25) is 0 Å². The van der Waals surface area contributed by atoms with Crippen molar-refractivity contribution in [2.75, 3.05) is 12.3 Å². The SMILES string of the molecule is NCCS.[Au]. The minimum Gasteiger partial charge on any atom is -0.330 e. The molecule has 0 unspecified atom stereocenters. The Morgan fingerprint density at radius 2 is 1.80 bits per heavy atom. The Morgan fingerprint density at radius 1 is 1.60 bits per heavy atom. The average Bonchev–Trinajstić information content (AvgIpc) is 1.37. The van der Waals surface area contributed by atoms with Crippen molar-refractivity contribution in [3.8, 4) is 0 Å². The van der Waals surface area contributed by atoms with Crippen molar-refractivity contribution in [2.45, 2.75) is 0 Å². The maximum Gasteiger partial charge on any atom is 0.00255 e. The summed E-state index contributed by atoms with van der Waals surface area (Å²) in [6.07, 6.45) is 0. The molecular formula is C2H7AuNS. The van der Waals surface area contributed by atoms with Crippen molar-refractivity contribution < 1.29 is 22.4 Å². The summed E-state index contributed by atoms with van der Waals surface area (Å²) in [5, 5.41) is 0. The van der Waals surface area contributed by atoms with Crippen LogP contribution in [0.2, 0.25) is 0 Å². The van der Waals surface area contributed by atoms with Crippen LogP contribution in [-0.4, -0.2) is 12.3 Å². The number of thiol groups is 1. The Hall–Kier alpha value is 1.05. The van der Waals surface area contributed by atoms with Crippen LogP contribution in [0.3, 0.4) is 0 Å². The van der Waals surface area contributed by atoms with Crippen LogP contribution in [0.15, 0.2) is 0 Å². The summed E-state index contributed by atoms with van der Waals surface area (Å²) < 4.78 is 0. The molecule has 1 radical (unpaired) electrons. The van der Waals surface area contributed by atoms with Crippen molar-refractivity contribution in [1.82, 2.24) is 0 Å². The molecule has 0 atom stereocenters. The van der Waals surface area contributed by atoms with Crippen molar-refractivity contribution in [3.05, 3.63) is 0 Å². The fourth-order valence-corrected chi connectivity index (χ4v) is 0. The molecule has 0 bridgehead atoms. The molecule has 0 aliphatic heterocycles. The summed E-state index contributed by atoms with van der Waals surface area (Å²) >= 11 is 3.80. The molecule has 0 aliphatic rings. The summed E-state index contributed by atoms with van der Waals surface area (Å²) in [5.74, 6) is 0.792. The van der Waals surface area contributed by atoms with Crippen molar-refractivity contribution in [3.63, 3.8) is 0 Å². The summed E-state index contributed by atoms with van der Waals surface area (Å²) in [7, 11) is 0. The minimum absolute atomic E-state index is 0. The van der Waals surface area contributed by atoms with E-state index >= 15 is 0 Å². The van der Waals surface area contributed by atoms with Crippen LogP contribution in [0.5, 0.6) is 0 Å². The van der Waals surface area contributed by atoms with Gasteiger partial charge in [0.1, 0.15) is 0 Å². The molecule has 0 aliphatic carbocycles. The largest absolute Gasteiger partial charge is 0.330 e. The number of hydrogen-bond donors (Lipinski definition) is 2. The third-order valence-corrected chi connectivity index (χ3v) is 0.387. The topological polar surface area (TPSA) is 26.0 Å². The van der Waals surface area contributed by atoms with E-state index in [2.05, 4.69) is 12.6 Å². The van der Waals surface area contributed by atoms with E-state index in [1.165, 1.54) is 0 Å². The molecule has 0 aromatic carbocycles. The van der Waals surface area contributed by atoms with Gasteiger partial charge in [-0.25, -0.2) is 0 Å². The van der Waals surface area contributed by atoms with Crippen LogP contribution in [0.4, 0.5) is 0 Å². The minimum atomic E-state index is 0. The molecule has 2 N–H and O–H groups in total. The van der Waals surface area contributed by atoms with Crippen LogP contribution in [0.1, 0.15) is 0 Å². The van der Waals surface area contributed by atoms with E-state index in [0.29, 0.717) is 6.54 Å². The predicted molar refractivity (Wildman–Crippen MR) is 22.9 cm³/mol. The second kappa shape index (κ2) is 8.90. The van der Waals surface area contributed by atoms with Crippen LogP contribution in [-0.2, 0) is 22.4 Å². The van der Waals surface area contributed by atoms with Gasteiger partial charge in [-0.2, -0.15) is 12.6 Å². The van der Waals surface area contributed by atoms with Crippen molar-refractivity contribution in [2.24, 2.45) is 5.73 Å². The van der Waals surface area contributed by atoms with Gasteiger partial charge < -0.3 is 5.73 Å². The number of hydrogen-bond acceptors (Lipinski definition) is 2. The molecule has 0 saturated heterocycles. The molecule has 0 aromatic heterocycles. The van der Waals surface area contributed by atoms with Gasteiger partial charge in [0.2, 0.25) is 0 Å². The van der Waals surface area contributed by atoms with Gasteiger partial charge in [0, 0.05) is 34.7 Å². The molecule has 0 fully saturated rings. The van der Waals surface area contributed by atoms with Gasteiger partial charge in [0.25, 0.3) is 0 Å². The van der Waals surface area contributed by atoms with Gasteiger partial charge >= 0.3 is 0 Å². The first-order valence-electron chi connectivity index (χ1n) is 1.22. The third kappa shape index (κ3) is 11.2. The quantitative estimate of drug-likeness (QED) is 0.506. The van der Waals surface area contributed by atoms with Crippen molar-refractivity contribution >= 4 is 12.6 Å². The smallest absolute Gasteiger partial charge is 0.00255 e. The average molecular weight is 274 g/mol. The molecule has 1 nitrogen and oxygen atoms in total. The van der Waals surface area contributed by atoms with Gasteiger partial charge in [0.15, 0.2) is 0 Å². The molecular weight excluding hydrogens is 267 g/mol. The maximum absolute atomic E-state index is 4.95. The zero-order chi connectivity index (χ0) is 3.41. The molecule has 0 heterocycles. The van der Waals surface area contributed by atoms with Crippen LogP contribution >= 0.6 is 12.6 Å². The second-order valence-electron chi connectivity index (χ2n) is 0.512. The maximum atomic E-state index is 4.95. The fourth-order valence-electron chi connectivity index (χ4n) is 0. The van der Waals surface area contributed by atoms with E-state index < -0.39 is 0 Å². The molecule has 3 heteroatoms. The van der Waals surface area contributed by atoms with E-state index in [1.807, 2.05) is 0 Å². The van der Waals surface area contributed by atoms with Gasteiger partial charge in [-0.05, 0) is 0 Å². The van der Waals surface area contributed by atoms with Crippen LogP contribution in [0.25, 0.3) is 0 Å². The Kier molecular flexibility index (Phi) is 16.8. The first kappa shape index (κ1) is 9.41. The second-order valence-corrected chi connectivity index (χ2v) is 0.959. The molecule has 0 spiro atoms. The third-order valence-electron chi connectivity index (χ3n) is 0.129. The summed E-state index contributed by atoms with van der Waals surface area (Å²) in [6, 6.07) is 0. The summed E-state index contributed by atoms with van der Waals surface area (Å²) in [5.41, 5.74) is 4.95. The zero-order valence-corrected chi connectivity index (χ0v) is 5.80. The Morgan fingerprint density at radius 3 is 1.80 bits per heavy atom. The Balaban J connectivity index is 0. The normalized spacial score (nSPS) is 6.00. The Bertz CT molecular complexity index is 11.6. The number of nitrogens with two attached hydrogens (primary N) is 1. The standard InChI is InChI=1S/C2H7NS.Au/c3-1-2-4;/h4H,1-3H2;. The van der Waals surface area contributed by atoms with Gasteiger partial charge in [-0.15, -0.1) is 0 Å². The van der Waals surface area contributed by atoms with Crippen molar-refractivity contribution in [1.29, 1.82) is 0 Å². The first-order chi connectivity index (χ1) is 1.91. The van der Waals surface area contributed by atoms with E-state index in [4.69, 9.17) is 5.73 Å². The molecule has 5 heavy (non-hydrogen) atoms. The number of rotatable bonds is 1. The fraction of sp³-hybridized carbons (Fsp3) is 1.00. The van der Waals surface area contributed by atoms with Gasteiger partial charge in [0.05, 0.1) is 0 Å². The van der Waals surface area contributed by atoms with E-state index in [9.17, 15) is 0 Å². The monoisotopic (exact) mass is 274 g/mol. The summed E-state index contributed by atoms with van der Waals surface area (Å²) in [6.45, 7) is 0.684. The molecule has 37 valence electrons. The van der Waals surface area contributed by atoms with Gasteiger partial charge in [-0.1, -0.05) is 0 Å². The first-order valence-corrected chi connectivity index (χ1v) is 1.86. The molecule has 0 amide bonds. The van der Waals surface area contributed by atoms with E-state index in [0.717, 1.165) is 5.75 Å². The van der Waals surface area contributed by atoms with Crippen LogP contribution in [0, 0.1) is 0 Å². The Labute approximate surface area is 53.2 Å². The summed E-state index contributed by atoms with van der Waals surface area (Å²) in [4.78, 5) is 0. The van der Waals surface area contributed by atoms with E-state index in [1.54, 1.807) is 0 Å². The van der Waals surface area contributed by atoms with E-state index in [-0.39, 0.29) is 22.4 Å². The van der Waals surface area contributed by atoms with Crippen LogP contribution < -0.4 is 5.73 Å². The molecule has 0 rings (SSSR count). The zero-order valence-electron chi connectivity index (χ0n) is 2.74. The molecule has 0 saturated carbocycles.